The second kappa shape index (κ2) is 6.33. The van der Waals surface area contributed by atoms with Crippen molar-refractivity contribution in [2.24, 2.45) is 5.92 Å². The Morgan fingerprint density at radius 2 is 2.29 bits per heavy atom. The number of carbonyl (C=O) groups is 1. The third-order valence-electron chi connectivity index (χ3n) is 4.97. The van der Waals surface area contributed by atoms with Crippen LogP contribution in [0.1, 0.15) is 45.0 Å². The molecule has 2 aromatic rings. The van der Waals surface area contributed by atoms with Gasteiger partial charge in [0.25, 0.3) is 5.91 Å². The number of carbonyl (C=O) groups excluding carboxylic acids is 1. The van der Waals surface area contributed by atoms with Crippen molar-refractivity contribution in [3.05, 3.63) is 38.8 Å². The highest BCUT2D eigenvalue weighted by molar-refractivity contribution is 7.12. The molecule has 128 valence electrons. The summed E-state index contributed by atoms with van der Waals surface area (Å²) in [5.41, 5.74) is 4.57. The number of fused-ring (bicyclic) bond motifs is 1. The molecular formula is C18H23N3O2S. The Balaban J connectivity index is 1.60. The van der Waals surface area contributed by atoms with E-state index in [9.17, 15) is 4.79 Å². The monoisotopic (exact) mass is 345 g/mol. The zero-order valence-electron chi connectivity index (χ0n) is 14.2. The molecule has 0 saturated heterocycles. The fourth-order valence-corrected chi connectivity index (χ4v) is 4.31. The molecule has 1 saturated carbocycles. The summed E-state index contributed by atoms with van der Waals surface area (Å²) in [6.07, 6.45) is 3.52. The van der Waals surface area contributed by atoms with E-state index < -0.39 is 0 Å². The van der Waals surface area contributed by atoms with Gasteiger partial charge in [-0.05, 0) is 42.7 Å². The zero-order chi connectivity index (χ0) is 16.7. The molecule has 0 aromatic carbocycles. The fourth-order valence-electron chi connectivity index (χ4n) is 3.42. The summed E-state index contributed by atoms with van der Waals surface area (Å²) in [6, 6.07) is 2.01. The average Bonchev–Trinajstić information content (AvgIpc) is 3.20. The summed E-state index contributed by atoms with van der Waals surface area (Å²) in [4.78, 5) is 15.7. The first-order valence-electron chi connectivity index (χ1n) is 8.57. The van der Waals surface area contributed by atoms with Crippen molar-refractivity contribution in [1.82, 2.24) is 14.7 Å². The van der Waals surface area contributed by atoms with Crippen LogP contribution in [0.5, 0.6) is 0 Å². The van der Waals surface area contributed by atoms with E-state index in [1.807, 2.05) is 23.3 Å². The molecule has 1 fully saturated rings. The van der Waals surface area contributed by atoms with Crippen LogP contribution < -0.4 is 0 Å². The number of methoxy groups -OCH3 is 1. The van der Waals surface area contributed by atoms with Gasteiger partial charge in [-0.1, -0.05) is 0 Å². The molecule has 5 nitrogen and oxygen atoms in total. The fraction of sp³-hybridized carbons (Fsp3) is 0.556. The first-order valence-corrected chi connectivity index (χ1v) is 9.45. The van der Waals surface area contributed by atoms with Gasteiger partial charge < -0.3 is 9.64 Å². The average molecular weight is 345 g/mol. The molecule has 0 spiro atoms. The maximum atomic E-state index is 12.8. The molecule has 0 radical (unpaired) electrons. The number of aromatic nitrogens is 2. The van der Waals surface area contributed by atoms with Crippen LogP contribution in [0.15, 0.2) is 11.4 Å². The number of hydrogen-bond donors (Lipinski definition) is 0. The molecule has 0 bridgehead atoms. The molecule has 1 aliphatic carbocycles. The summed E-state index contributed by atoms with van der Waals surface area (Å²) < 4.78 is 7.52. The molecule has 4 rings (SSSR count). The molecule has 6 heteroatoms. The maximum Gasteiger partial charge on any atom is 0.264 e. The van der Waals surface area contributed by atoms with Gasteiger partial charge in [-0.3, -0.25) is 9.48 Å². The Bertz CT molecular complexity index is 760. The van der Waals surface area contributed by atoms with Gasteiger partial charge in [0, 0.05) is 44.4 Å². The normalized spacial score (nSPS) is 17.2. The smallest absolute Gasteiger partial charge is 0.264 e. The van der Waals surface area contributed by atoms with Gasteiger partial charge >= 0.3 is 0 Å². The summed E-state index contributed by atoms with van der Waals surface area (Å²) in [7, 11) is 1.70. The number of nitrogens with zero attached hydrogens (tertiary/aromatic N) is 3. The van der Waals surface area contributed by atoms with Crippen molar-refractivity contribution >= 4 is 17.2 Å². The molecule has 1 amide bonds. The van der Waals surface area contributed by atoms with Crippen LogP contribution >= 0.6 is 11.3 Å². The Morgan fingerprint density at radius 1 is 1.46 bits per heavy atom. The van der Waals surface area contributed by atoms with Crippen molar-refractivity contribution in [3.63, 3.8) is 0 Å². The van der Waals surface area contributed by atoms with Crippen LogP contribution in [-0.2, 0) is 30.9 Å². The molecule has 24 heavy (non-hydrogen) atoms. The Hall–Kier alpha value is -1.66. The molecule has 2 aliphatic rings. The van der Waals surface area contributed by atoms with Crippen LogP contribution in [0.2, 0.25) is 0 Å². The SMILES string of the molecule is COCc1nn(CC2CC2)c2c1CN(C(=O)c1sccc1C)CC2. The lowest BCUT2D eigenvalue weighted by Crippen LogP contribution is -2.36. The Morgan fingerprint density at radius 3 is 2.96 bits per heavy atom. The highest BCUT2D eigenvalue weighted by Crippen LogP contribution is 2.33. The van der Waals surface area contributed by atoms with Crippen molar-refractivity contribution in [3.8, 4) is 0 Å². The molecule has 0 unspecified atom stereocenters. The summed E-state index contributed by atoms with van der Waals surface area (Å²) in [5.74, 6) is 0.935. The maximum absolute atomic E-state index is 12.8. The van der Waals surface area contributed by atoms with E-state index in [2.05, 4.69) is 4.68 Å². The third-order valence-corrected chi connectivity index (χ3v) is 5.97. The number of rotatable bonds is 5. The van der Waals surface area contributed by atoms with Crippen LogP contribution in [0.3, 0.4) is 0 Å². The predicted molar refractivity (Wildman–Crippen MR) is 93.2 cm³/mol. The molecular weight excluding hydrogens is 322 g/mol. The number of thiophene rings is 1. The van der Waals surface area contributed by atoms with E-state index in [1.165, 1.54) is 35.4 Å². The van der Waals surface area contributed by atoms with Gasteiger partial charge in [0.2, 0.25) is 0 Å². The van der Waals surface area contributed by atoms with E-state index >= 15 is 0 Å². The van der Waals surface area contributed by atoms with Gasteiger partial charge in [-0.25, -0.2) is 0 Å². The second-order valence-corrected chi connectivity index (χ2v) is 7.76. The minimum atomic E-state index is 0.145. The van der Waals surface area contributed by atoms with E-state index in [0.717, 1.165) is 41.6 Å². The minimum Gasteiger partial charge on any atom is -0.378 e. The Labute approximate surface area is 146 Å². The lowest BCUT2D eigenvalue weighted by molar-refractivity contribution is 0.0735. The highest BCUT2D eigenvalue weighted by Gasteiger charge is 2.31. The van der Waals surface area contributed by atoms with Crippen molar-refractivity contribution in [2.75, 3.05) is 13.7 Å². The lowest BCUT2D eigenvalue weighted by Gasteiger charge is -2.28. The van der Waals surface area contributed by atoms with Gasteiger partial charge in [0.15, 0.2) is 0 Å². The molecule has 0 N–H and O–H groups in total. The van der Waals surface area contributed by atoms with Gasteiger partial charge in [0.1, 0.15) is 0 Å². The number of aryl methyl sites for hydroxylation is 1. The minimum absolute atomic E-state index is 0.145. The zero-order valence-corrected chi connectivity index (χ0v) is 15.1. The summed E-state index contributed by atoms with van der Waals surface area (Å²) >= 11 is 1.53. The predicted octanol–water partition coefficient (Wildman–Crippen LogP) is 3.01. The first-order chi connectivity index (χ1) is 11.7. The van der Waals surface area contributed by atoms with Gasteiger partial charge in [-0.15, -0.1) is 11.3 Å². The standard InChI is InChI=1S/C18H23N3O2S/c1-12-6-8-24-17(12)18(22)20-7-5-16-14(10-20)15(11-23-2)19-21(16)9-13-3-4-13/h6,8,13H,3-5,7,9-11H2,1-2H3. The quantitative estimate of drug-likeness (QED) is 0.837. The van der Waals surface area contributed by atoms with Crippen molar-refractivity contribution in [2.45, 2.75) is 45.9 Å². The largest absolute Gasteiger partial charge is 0.378 e. The van der Waals surface area contributed by atoms with E-state index in [0.29, 0.717) is 13.2 Å². The van der Waals surface area contributed by atoms with Crippen molar-refractivity contribution < 1.29 is 9.53 Å². The number of amides is 1. The number of ether oxygens (including phenoxy) is 1. The first kappa shape index (κ1) is 15.8. The number of hydrogen-bond acceptors (Lipinski definition) is 4. The van der Waals surface area contributed by atoms with Crippen molar-refractivity contribution in [1.29, 1.82) is 0 Å². The molecule has 2 aromatic heterocycles. The molecule has 1 aliphatic heterocycles. The highest BCUT2D eigenvalue weighted by atomic mass is 32.1. The van der Waals surface area contributed by atoms with Crippen LogP contribution in [-0.4, -0.2) is 34.2 Å². The molecule has 0 atom stereocenters. The van der Waals surface area contributed by atoms with Crippen LogP contribution in [0, 0.1) is 12.8 Å². The van der Waals surface area contributed by atoms with Crippen LogP contribution in [0.25, 0.3) is 0 Å². The molecule has 3 heterocycles. The van der Waals surface area contributed by atoms with Gasteiger partial charge in [0.05, 0.1) is 17.2 Å². The third kappa shape index (κ3) is 2.89. The second-order valence-electron chi connectivity index (χ2n) is 6.84. The van der Waals surface area contributed by atoms with E-state index in [4.69, 9.17) is 9.84 Å². The Kier molecular flexibility index (Phi) is 4.18. The van der Waals surface area contributed by atoms with E-state index in [1.54, 1.807) is 7.11 Å². The topological polar surface area (TPSA) is 47.4 Å². The summed E-state index contributed by atoms with van der Waals surface area (Å²) in [6.45, 7) is 4.95. The summed E-state index contributed by atoms with van der Waals surface area (Å²) in [5, 5.41) is 6.78. The lowest BCUT2D eigenvalue weighted by atomic mass is 10.0. The van der Waals surface area contributed by atoms with Gasteiger partial charge in [-0.2, -0.15) is 5.10 Å². The van der Waals surface area contributed by atoms with Crippen LogP contribution in [0.4, 0.5) is 0 Å². The van der Waals surface area contributed by atoms with E-state index in [-0.39, 0.29) is 5.91 Å².